The van der Waals surface area contributed by atoms with Crippen molar-refractivity contribution in [2.75, 3.05) is 46.6 Å². The standard InChI is InChI=1S/C16H27NO3/c1-13-5-6-14(2)16(15(13)3)20-12-11-19-10-8-17(4)7-9-18/h5-6,18H,7-12H2,1-4H3/p+1. The molecule has 0 saturated heterocycles. The fourth-order valence-corrected chi connectivity index (χ4v) is 2.01. The molecule has 1 atom stereocenters. The van der Waals surface area contributed by atoms with Crippen LogP contribution < -0.4 is 9.64 Å². The van der Waals surface area contributed by atoms with E-state index >= 15 is 0 Å². The number of nitrogens with one attached hydrogen (secondary N) is 1. The van der Waals surface area contributed by atoms with Crippen LogP contribution in [0.3, 0.4) is 0 Å². The molecule has 0 aromatic heterocycles. The van der Waals surface area contributed by atoms with Crippen LogP contribution >= 0.6 is 0 Å². The Hall–Kier alpha value is -1.10. The Morgan fingerprint density at radius 2 is 1.70 bits per heavy atom. The van der Waals surface area contributed by atoms with Crippen molar-refractivity contribution >= 4 is 0 Å². The summed E-state index contributed by atoms with van der Waals surface area (Å²) in [6.07, 6.45) is 0. The first-order valence-electron chi connectivity index (χ1n) is 7.25. The van der Waals surface area contributed by atoms with Gasteiger partial charge in [0, 0.05) is 0 Å². The molecule has 0 aliphatic rings. The molecule has 0 amide bonds. The summed E-state index contributed by atoms with van der Waals surface area (Å²) in [4.78, 5) is 1.28. The Kier molecular flexibility index (Phi) is 7.59. The lowest BCUT2D eigenvalue weighted by Gasteiger charge is -2.15. The topological polar surface area (TPSA) is 43.1 Å². The van der Waals surface area contributed by atoms with E-state index in [1.165, 1.54) is 21.6 Å². The number of likely N-dealkylation sites (N-methyl/N-ethyl adjacent to an activating group) is 1. The molecule has 0 aliphatic heterocycles. The molecule has 1 unspecified atom stereocenters. The molecule has 0 bridgehead atoms. The van der Waals surface area contributed by atoms with Crippen LogP contribution in [-0.2, 0) is 4.74 Å². The normalized spacial score (nSPS) is 12.4. The second-order valence-electron chi connectivity index (χ2n) is 5.30. The van der Waals surface area contributed by atoms with Crippen LogP contribution in [0.25, 0.3) is 0 Å². The summed E-state index contributed by atoms with van der Waals surface area (Å²) < 4.78 is 11.4. The molecule has 1 aromatic rings. The summed E-state index contributed by atoms with van der Waals surface area (Å²) >= 11 is 0. The average Bonchev–Trinajstić information content (AvgIpc) is 2.42. The number of ether oxygens (including phenoxy) is 2. The number of rotatable bonds is 9. The summed E-state index contributed by atoms with van der Waals surface area (Å²) in [5.74, 6) is 0.983. The highest BCUT2D eigenvalue weighted by atomic mass is 16.5. The Morgan fingerprint density at radius 3 is 2.40 bits per heavy atom. The number of hydrogen-bond donors (Lipinski definition) is 2. The highest BCUT2D eigenvalue weighted by molar-refractivity contribution is 5.44. The molecule has 4 nitrogen and oxygen atoms in total. The van der Waals surface area contributed by atoms with E-state index in [0.717, 1.165) is 18.8 Å². The lowest BCUT2D eigenvalue weighted by molar-refractivity contribution is -0.880. The predicted molar refractivity (Wildman–Crippen MR) is 80.7 cm³/mol. The van der Waals surface area contributed by atoms with E-state index in [9.17, 15) is 0 Å². The smallest absolute Gasteiger partial charge is 0.125 e. The summed E-state index contributed by atoms with van der Waals surface area (Å²) in [5.41, 5.74) is 3.62. The van der Waals surface area contributed by atoms with Gasteiger partial charge in [-0.15, -0.1) is 0 Å². The van der Waals surface area contributed by atoms with Gasteiger partial charge in [0.05, 0.1) is 26.9 Å². The van der Waals surface area contributed by atoms with Gasteiger partial charge in [-0.25, -0.2) is 0 Å². The molecule has 4 heteroatoms. The van der Waals surface area contributed by atoms with Crippen LogP contribution in [0.5, 0.6) is 5.75 Å². The van der Waals surface area contributed by atoms with Gasteiger partial charge in [-0.05, 0) is 37.5 Å². The second kappa shape index (κ2) is 8.95. The number of benzene rings is 1. The summed E-state index contributed by atoms with van der Waals surface area (Å²) in [6, 6.07) is 4.21. The molecular formula is C16H28NO3+. The van der Waals surface area contributed by atoms with Gasteiger partial charge < -0.3 is 19.5 Å². The van der Waals surface area contributed by atoms with Crippen molar-refractivity contribution < 1.29 is 19.5 Å². The van der Waals surface area contributed by atoms with Crippen LogP contribution in [0.15, 0.2) is 12.1 Å². The molecule has 1 aromatic carbocycles. The molecular weight excluding hydrogens is 254 g/mol. The van der Waals surface area contributed by atoms with Gasteiger partial charge in [-0.2, -0.15) is 0 Å². The lowest BCUT2D eigenvalue weighted by Crippen LogP contribution is -3.10. The fourth-order valence-electron chi connectivity index (χ4n) is 2.01. The zero-order valence-electron chi connectivity index (χ0n) is 13.2. The maximum Gasteiger partial charge on any atom is 0.125 e. The second-order valence-corrected chi connectivity index (χ2v) is 5.30. The molecule has 0 heterocycles. The van der Waals surface area contributed by atoms with Crippen LogP contribution in [0.4, 0.5) is 0 Å². The van der Waals surface area contributed by atoms with Gasteiger partial charge in [0.15, 0.2) is 0 Å². The highest BCUT2D eigenvalue weighted by Gasteiger charge is 2.06. The Labute approximate surface area is 122 Å². The molecule has 0 fully saturated rings. The summed E-state index contributed by atoms with van der Waals surface area (Å²) in [5, 5.41) is 8.80. The van der Waals surface area contributed by atoms with Crippen LogP contribution in [0.1, 0.15) is 16.7 Å². The summed E-state index contributed by atoms with van der Waals surface area (Å²) in [7, 11) is 2.05. The van der Waals surface area contributed by atoms with Gasteiger partial charge >= 0.3 is 0 Å². The number of aliphatic hydroxyl groups excluding tert-OH is 1. The van der Waals surface area contributed by atoms with Crippen molar-refractivity contribution in [3.63, 3.8) is 0 Å². The first-order valence-corrected chi connectivity index (χ1v) is 7.25. The van der Waals surface area contributed by atoms with E-state index < -0.39 is 0 Å². The van der Waals surface area contributed by atoms with Gasteiger partial charge in [0.1, 0.15) is 25.4 Å². The largest absolute Gasteiger partial charge is 0.491 e. The lowest BCUT2D eigenvalue weighted by atomic mass is 10.1. The van der Waals surface area contributed by atoms with Crippen LogP contribution in [0, 0.1) is 20.8 Å². The maximum atomic E-state index is 8.80. The first-order chi connectivity index (χ1) is 9.56. The van der Waals surface area contributed by atoms with E-state index in [-0.39, 0.29) is 6.61 Å². The highest BCUT2D eigenvalue weighted by Crippen LogP contribution is 2.25. The molecule has 0 saturated carbocycles. The first kappa shape index (κ1) is 17.0. The third-order valence-corrected chi connectivity index (χ3v) is 3.56. The van der Waals surface area contributed by atoms with Crippen molar-refractivity contribution in [1.29, 1.82) is 0 Å². The van der Waals surface area contributed by atoms with Gasteiger partial charge in [0.25, 0.3) is 0 Å². The van der Waals surface area contributed by atoms with Gasteiger partial charge in [0.2, 0.25) is 0 Å². The Morgan fingerprint density at radius 1 is 1.00 bits per heavy atom. The Balaban J connectivity index is 2.24. The average molecular weight is 282 g/mol. The van der Waals surface area contributed by atoms with Crippen LogP contribution in [0.2, 0.25) is 0 Å². The minimum atomic E-state index is 0.223. The summed E-state index contributed by atoms with van der Waals surface area (Å²) in [6.45, 7) is 10.0. The number of aryl methyl sites for hydroxylation is 2. The SMILES string of the molecule is Cc1ccc(C)c(OCCOCC[NH+](C)CCO)c1C. The Bertz CT molecular complexity index is 407. The zero-order chi connectivity index (χ0) is 15.0. The number of aliphatic hydroxyl groups is 1. The number of quaternary nitrogens is 1. The van der Waals surface area contributed by atoms with E-state index in [0.29, 0.717) is 19.8 Å². The molecule has 2 N–H and O–H groups in total. The predicted octanol–water partition coefficient (Wildman–Crippen LogP) is 0.514. The van der Waals surface area contributed by atoms with Crippen molar-refractivity contribution in [1.82, 2.24) is 0 Å². The van der Waals surface area contributed by atoms with E-state index in [4.69, 9.17) is 14.6 Å². The monoisotopic (exact) mass is 282 g/mol. The van der Waals surface area contributed by atoms with E-state index in [1.54, 1.807) is 0 Å². The molecule has 0 radical (unpaired) electrons. The van der Waals surface area contributed by atoms with Gasteiger partial charge in [-0.1, -0.05) is 12.1 Å². The molecule has 20 heavy (non-hydrogen) atoms. The number of hydrogen-bond acceptors (Lipinski definition) is 3. The van der Waals surface area contributed by atoms with E-state index in [1.807, 2.05) is 0 Å². The third-order valence-electron chi connectivity index (χ3n) is 3.56. The molecule has 1 rings (SSSR count). The van der Waals surface area contributed by atoms with Crippen molar-refractivity contribution in [2.45, 2.75) is 20.8 Å². The van der Waals surface area contributed by atoms with Crippen LogP contribution in [-0.4, -0.2) is 51.7 Å². The minimum Gasteiger partial charge on any atom is -0.491 e. The molecule has 0 spiro atoms. The zero-order valence-corrected chi connectivity index (χ0v) is 13.2. The molecule has 0 aliphatic carbocycles. The third kappa shape index (κ3) is 5.49. The van der Waals surface area contributed by atoms with Crippen molar-refractivity contribution in [3.8, 4) is 5.75 Å². The maximum absolute atomic E-state index is 8.80. The van der Waals surface area contributed by atoms with Gasteiger partial charge in [-0.3, -0.25) is 0 Å². The minimum absolute atomic E-state index is 0.223. The molecule has 114 valence electrons. The quantitative estimate of drug-likeness (QED) is 0.649. The van der Waals surface area contributed by atoms with E-state index in [2.05, 4.69) is 40.0 Å². The van der Waals surface area contributed by atoms with Crippen molar-refractivity contribution in [3.05, 3.63) is 28.8 Å². The fraction of sp³-hybridized carbons (Fsp3) is 0.625. The van der Waals surface area contributed by atoms with Crippen molar-refractivity contribution in [2.24, 2.45) is 0 Å².